The predicted octanol–water partition coefficient (Wildman–Crippen LogP) is 14.8. The number of rotatable bonds is 11. The molecule has 2 heterocycles. The fourth-order valence-electron chi connectivity index (χ4n) is 7.30. The Bertz CT molecular complexity index is 2310. The van der Waals surface area contributed by atoms with Gasteiger partial charge in [-0.2, -0.15) is 0 Å². The molecular weight excluding hydrogens is 889 g/mol. The van der Waals surface area contributed by atoms with E-state index in [2.05, 4.69) is 137 Å². The van der Waals surface area contributed by atoms with Gasteiger partial charge in [-0.25, -0.2) is 0 Å². The summed E-state index contributed by atoms with van der Waals surface area (Å²) in [6.07, 6.45) is 7.10. The molecule has 0 aliphatic heterocycles. The zero-order valence-electron chi connectivity index (χ0n) is 37.8. The van der Waals surface area contributed by atoms with E-state index in [1.54, 1.807) is 0 Å². The predicted molar refractivity (Wildman–Crippen MR) is 243 cm³/mol. The maximum Gasteiger partial charge on any atom is 0.162 e. The molecule has 309 valence electrons. The summed E-state index contributed by atoms with van der Waals surface area (Å²) in [5.41, 5.74) is 11.3. The van der Waals surface area contributed by atoms with Gasteiger partial charge in [0.25, 0.3) is 0 Å². The number of aliphatic hydroxyl groups is 1. The molecule has 0 fully saturated rings. The van der Waals surface area contributed by atoms with Gasteiger partial charge in [-0.15, -0.1) is 69.8 Å². The number of fused-ring (bicyclic) bond motifs is 2. The van der Waals surface area contributed by atoms with E-state index in [4.69, 9.17) is 1.37 Å². The molecule has 1 N–H and O–H groups in total. The average Bonchev–Trinajstić information content (AvgIpc) is 3.17. The molecule has 0 aliphatic carbocycles. The van der Waals surface area contributed by atoms with Crippen molar-refractivity contribution in [2.24, 2.45) is 11.8 Å². The summed E-state index contributed by atoms with van der Waals surface area (Å²) in [5.74, 6) is 1.56. The second-order valence-electron chi connectivity index (χ2n) is 16.0. The normalized spacial score (nSPS) is 11.7. The zero-order chi connectivity index (χ0) is 42.7. The molecule has 0 bridgehead atoms. The van der Waals surface area contributed by atoms with Gasteiger partial charge >= 0.3 is 0 Å². The number of nitrogens with zero attached hydrogens (tertiary/aromatic N) is 2. The van der Waals surface area contributed by atoms with Gasteiger partial charge in [0, 0.05) is 50.4 Å². The van der Waals surface area contributed by atoms with Crippen molar-refractivity contribution in [3.8, 4) is 22.5 Å². The minimum absolute atomic E-state index is 0. The number of aromatic nitrogens is 2. The van der Waals surface area contributed by atoms with Gasteiger partial charge in [-0.3, -0.25) is 4.79 Å². The van der Waals surface area contributed by atoms with Crippen molar-refractivity contribution >= 4 is 27.3 Å². The van der Waals surface area contributed by atoms with Gasteiger partial charge in [0.1, 0.15) is 0 Å². The summed E-state index contributed by atoms with van der Waals surface area (Å²) in [5, 5.41) is 14.4. The van der Waals surface area contributed by atoms with E-state index in [0.29, 0.717) is 18.0 Å². The summed E-state index contributed by atoms with van der Waals surface area (Å²) in [4.78, 5) is 20.8. The van der Waals surface area contributed by atoms with Crippen LogP contribution < -0.4 is 0 Å². The van der Waals surface area contributed by atoms with Gasteiger partial charge in [-0.05, 0) is 93.7 Å². The number of ketones is 1. The number of aliphatic hydroxyl groups excluding tert-OH is 1. The fraction of sp³-hybridized carbons (Fsp3) is 0.377. The summed E-state index contributed by atoms with van der Waals surface area (Å²) in [6.45, 7) is 25.2. The topological polar surface area (TPSA) is 63.1 Å². The Kier molecular flexibility index (Phi) is 18.1. The van der Waals surface area contributed by atoms with Gasteiger partial charge in [0.2, 0.25) is 0 Å². The van der Waals surface area contributed by atoms with Crippen LogP contribution in [-0.4, -0.2) is 20.9 Å². The van der Waals surface area contributed by atoms with Crippen molar-refractivity contribution in [3.63, 3.8) is 0 Å². The molecule has 6 aromatic rings. The minimum atomic E-state index is 0. The molecule has 0 saturated carbocycles. The largest absolute Gasteiger partial charge is 0.512 e. The van der Waals surface area contributed by atoms with Crippen LogP contribution in [0, 0.1) is 51.7 Å². The fourth-order valence-corrected chi connectivity index (χ4v) is 7.30. The molecule has 2 aromatic heterocycles. The Morgan fingerprint density at radius 2 is 1.10 bits per heavy atom. The van der Waals surface area contributed by atoms with Gasteiger partial charge < -0.3 is 15.1 Å². The maximum absolute atomic E-state index is 11.7. The van der Waals surface area contributed by atoms with Crippen molar-refractivity contribution in [3.05, 3.63) is 143 Å². The maximum atomic E-state index is 11.7. The number of pyridine rings is 2. The molecule has 0 aliphatic rings. The Labute approximate surface area is 364 Å². The summed E-state index contributed by atoms with van der Waals surface area (Å²) < 4.78 is 8.03. The number of carbonyl (C=O) groups is 1. The van der Waals surface area contributed by atoms with E-state index in [0.717, 1.165) is 70.1 Å². The van der Waals surface area contributed by atoms with E-state index in [9.17, 15) is 9.90 Å². The molecule has 4 nitrogen and oxygen atoms in total. The SMILES string of the molecule is CCC(CC)C(=O)/C=C(\O)C(CC)CC.Cc1[c-]c(-c2nccc3cc(C(C)C)ccc23)cc(C)c1.[2H]c1cc2cc(C(C)C)ccc2c(-c2[c-]c(C)cc(C)c2)n1.[Ir]. The molecular formula is C53H64IrN2O2-2. The second kappa shape index (κ2) is 22.6. The van der Waals surface area contributed by atoms with Crippen LogP contribution in [0.2, 0.25) is 0 Å². The van der Waals surface area contributed by atoms with E-state index in [1.165, 1.54) is 39.1 Å². The molecule has 1 radical (unpaired) electrons. The van der Waals surface area contributed by atoms with E-state index >= 15 is 0 Å². The Morgan fingerprint density at radius 1 is 0.655 bits per heavy atom. The summed E-state index contributed by atoms with van der Waals surface area (Å²) in [7, 11) is 0. The van der Waals surface area contributed by atoms with Crippen molar-refractivity contribution in [1.82, 2.24) is 9.97 Å². The van der Waals surface area contributed by atoms with Gasteiger partial charge in [0.15, 0.2) is 5.78 Å². The van der Waals surface area contributed by atoms with Crippen LogP contribution in [0.3, 0.4) is 0 Å². The van der Waals surface area contributed by atoms with Gasteiger partial charge in [-0.1, -0.05) is 119 Å². The van der Waals surface area contributed by atoms with Crippen molar-refractivity contribution < 1.29 is 31.4 Å². The summed E-state index contributed by atoms with van der Waals surface area (Å²) >= 11 is 0. The standard InChI is InChI=1S/2C20H20N.C13H24O2.Ir/c2*1-13(2)16-5-6-19-17(12-16)7-8-21-20(19)18-10-14(3)9-15(4)11-18;1-5-10(6-2)12(14)9-13(15)11(7-3)8-4;/h2*5-10,12-13H,1-4H3;9-11,14H,5-8H2,1-4H3;/q2*-1;;/b;;12-9-;/i8D;;;. The van der Waals surface area contributed by atoms with Crippen LogP contribution in [-0.2, 0) is 24.9 Å². The van der Waals surface area contributed by atoms with Crippen molar-refractivity contribution in [2.75, 3.05) is 0 Å². The van der Waals surface area contributed by atoms with Crippen LogP contribution in [0.1, 0.15) is 128 Å². The molecule has 0 unspecified atom stereocenters. The minimum Gasteiger partial charge on any atom is -0.512 e. The van der Waals surface area contributed by atoms with Crippen molar-refractivity contribution in [2.45, 2.75) is 121 Å². The molecule has 0 amide bonds. The molecule has 58 heavy (non-hydrogen) atoms. The number of hydrogen-bond acceptors (Lipinski definition) is 4. The number of aryl methyl sites for hydroxylation is 4. The second-order valence-corrected chi connectivity index (χ2v) is 16.0. The van der Waals surface area contributed by atoms with Crippen LogP contribution in [0.15, 0.2) is 97.0 Å². The van der Waals surface area contributed by atoms with Crippen LogP contribution >= 0.6 is 0 Å². The first-order valence-corrected chi connectivity index (χ1v) is 20.8. The quantitative estimate of drug-likeness (QED) is 0.0798. The molecule has 0 spiro atoms. The Balaban J connectivity index is 0.000000240. The van der Waals surface area contributed by atoms with E-state index < -0.39 is 0 Å². The molecule has 0 atom stereocenters. The molecule has 6 rings (SSSR count). The molecule has 5 heteroatoms. The number of hydrogen-bond donors (Lipinski definition) is 1. The number of benzene rings is 4. The average molecular weight is 954 g/mol. The first kappa shape index (κ1) is 46.3. The third-order valence-electron chi connectivity index (χ3n) is 10.7. The number of carbonyl (C=O) groups excluding carboxylic acids is 1. The first-order chi connectivity index (χ1) is 27.6. The molecule has 4 aromatic carbocycles. The Morgan fingerprint density at radius 3 is 1.53 bits per heavy atom. The zero-order valence-corrected chi connectivity index (χ0v) is 39.2. The van der Waals surface area contributed by atoms with E-state index in [1.807, 2.05) is 46.9 Å². The van der Waals surface area contributed by atoms with E-state index in [-0.39, 0.29) is 43.5 Å². The monoisotopic (exact) mass is 954 g/mol. The Hall–Kier alpha value is -4.44. The third-order valence-corrected chi connectivity index (χ3v) is 10.7. The first-order valence-electron chi connectivity index (χ1n) is 21.3. The molecule has 0 saturated heterocycles. The smallest absolute Gasteiger partial charge is 0.162 e. The van der Waals surface area contributed by atoms with Crippen LogP contribution in [0.25, 0.3) is 44.1 Å². The van der Waals surface area contributed by atoms with Crippen LogP contribution in [0.4, 0.5) is 0 Å². The van der Waals surface area contributed by atoms with Gasteiger partial charge in [0.05, 0.1) is 7.13 Å². The van der Waals surface area contributed by atoms with Crippen molar-refractivity contribution in [1.29, 1.82) is 0 Å². The summed E-state index contributed by atoms with van der Waals surface area (Å²) in [6, 6.07) is 32.4. The van der Waals surface area contributed by atoms with Crippen LogP contribution in [0.5, 0.6) is 0 Å². The number of allylic oxidation sites excluding steroid dienone is 2. The third kappa shape index (κ3) is 12.8.